The SMILES string of the molecule is NCc1cc(CN2CCS(=O)CC2)on1. The Kier molecular flexibility index (Phi) is 3.50. The molecule has 0 bridgehead atoms. The third kappa shape index (κ3) is 2.87. The van der Waals surface area contributed by atoms with Gasteiger partial charge in [0.15, 0.2) is 5.76 Å². The molecule has 0 aliphatic carbocycles. The monoisotopic (exact) mass is 229 g/mol. The fraction of sp³-hybridized carbons (Fsp3) is 0.667. The summed E-state index contributed by atoms with van der Waals surface area (Å²) in [5.41, 5.74) is 6.22. The number of nitrogens with zero attached hydrogens (tertiary/aromatic N) is 2. The summed E-state index contributed by atoms with van der Waals surface area (Å²) >= 11 is 0. The van der Waals surface area contributed by atoms with Crippen molar-refractivity contribution in [2.24, 2.45) is 5.73 Å². The second kappa shape index (κ2) is 4.87. The van der Waals surface area contributed by atoms with E-state index < -0.39 is 10.8 Å². The van der Waals surface area contributed by atoms with Crippen molar-refractivity contribution in [3.8, 4) is 0 Å². The van der Waals surface area contributed by atoms with E-state index in [1.165, 1.54) is 0 Å². The molecule has 1 fully saturated rings. The molecule has 6 heteroatoms. The number of rotatable bonds is 3. The number of nitrogens with two attached hydrogens (primary N) is 1. The van der Waals surface area contributed by atoms with Crippen molar-refractivity contribution >= 4 is 10.8 Å². The zero-order valence-corrected chi connectivity index (χ0v) is 9.33. The predicted octanol–water partition coefficient (Wildman–Crippen LogP) is -0.302. The molecular formula is C9H15N3O2S. The maximum atomic E-state index is 11.1. The zero-order valence-electron chi connectivity index (χ0n) is 8.52. The first-order valence-electron chi connectivity index (χ1n) is 5.00. The van der Waals surface area contributed by atoms with Crippen molar-refractivity contribution < 1.29 is 8.73 Å². The standard InChI is InChI=1S/C9H15N3O2S/c10-6-8-5-9(14-11-8)7-12-1-3-15(13)4-2-12/h5H,1-4,6-7,10H2. The molecule has 0 atom stereocenters. The van der Waals surface area contributed by atoms with E-state index in [0.29, 0.717) is 6.54 Å². The average Bonchev–Trinajstić information content (AvgIpc) is 2.69. The molecule has 2 heterocycles. The molecule has 15 heavy (non-hydrogen) atoms. The fourth-order valence-corrected chi connectivity index (χ4v) is 2.71. The maximum Gasteiger partial charge on any atom is 0.151 e. The topological polar surface area (TPSA) is 72.4 Å². The molecule has 2 N–H and O–H groups in total. The summed E-state index contributed by atoms with van der Waals surface area (Å²) in [7, 11) is -0.623. The second-order valence-corrected chi connectivity index (χ2v) is 5.31. The first-order chi connectivity index (χ1) is 7.28. The van der Waals surface area contributed by atoms with Crippen molar-refractivity contribution in [1.29, 1.82) is 0 Å². The van der Waals surface area contributed by atoms with Gasteiger partial charge in [0.2, 0.25) is 0 Å². The van der Waals surface area contributed by atoms with E-state index in [4.69, 9.17) is 10.3 Å². The van der Waals surface area contributed by atoms with Crippen LogP contribution in [0.4, 0.5) is 0 Å². The van der Waals surface area contributed by atoms with Crippen LogP contribution in [0.15, 0.2) is 10.6 Å². The van der Waals surface area contributed by atoms with Gasteiger partial charge in [-0.1, -0.05) is 5.16 Å². The maximum absolute atomic E-state index is 11.1. The highest BCUT2D eigenvalue weighted by molar-refractivity contribution is 7.85. The molecule has 0 saturated carbocycles. The molecule has 0 radical (unpaired) electrons. The lowest BCUT2D eigenvalue weighted by Crippen LogP contribution is -2.37. The Bertz CT molecular complexity index is 343. The van der Waals surface area contributed by atoms with Crippen LogP contribution in [0.25, 0.3) is 0 Å². The summed E-state index contributed by atoms with van der Waals surface area (Å²) in [6.45, 7) is 2.88. The van der Waals surface area contributed by atoms with E-state index in [0.717, 1.165) is 42.6 Å². The minimum atomic E-state index is -0.623. The summed E-state index contributed by atoms with van der Waals surface area (Å²) in [6.07, 6.45) is 0. The van der Waals surface area contributed by atoms with Crippen molar-refractivity contribution in [1.82, 2.24) is 10.1 Å². The fourth-order valence-electron chi connectivity index (χ4n) is 1.58. The molecule has 0 amide bonds. The van der Waals surface area contributed by atoms with Crippen molar-refractivity contribution in [3.05, 3.63) is 17.5 Å². The summed E-state index contributed by atoms with van der Waals surface area (Å²) in [5.74, 6) is 2.36. The van der Waals surface area contributed by atoms with Crippen LogP contribution in [0.1, 0.15) is 11.5 Å². The van der Waals surface area contributed by atoms with Crippen LogP contribution in [-0.2, 0) is 23.9 Å². The van der Waals surface area contributed by atoms with Crippen LogP contribution in [0.2, 0.25) is 0 Å². The van der Waals surface area contributed by atoms with Gasteiger partial charge in [0.25, 0.3) is 0 Å². The van der Waals surface area contributed by atoms with Crippen LogP contribution >= 0.6 is 0 Å². The van der Waals surface area contributed by atoms with Crippen molar-refractivity contribution in [2.75, 3.05) is 24.6 Å². The van der Waals surface area contributed by atoms with Crippen LogP contribution < -0.4 is 5.73 Å². The molecule has 1 aromatic rings. The summed E-state index contributed by atoms with van der Waals surface area (Å²) in [5, 5.41) is 3.83. The lowest BCUT2D eigenvalue weighted by molar-refractivity contribution is 0.248. The van der Waals surface area contributed by atoms with Gasteiger partial charge in [0.1, 0.15) is 0 Å². The molecule has 1 aliphatic rings. The van der Waals surface area contributed by atoms with Gasteiger partial charge in [-0.05, 0) is 0 Å². The molecule has 0 spiro atoms. The molecule has 5 nitrogen and oxygen atoms in total. The van der Waals surface area contributed by atoms with Crippen molar-refractivity contribution in [2.45, 2.75) is 13.1 Å². The van der Waals surface area contributed by atoms with Crippen LogP contribution in [-0.4, -0.2) is 38.9 Å². The molecule has 1 aromatic heterocycles. The van der Waals surface area contributed by atoms with Crippen LogP contribution in [0, 0.1) is 0 Å². The predicted molar refractivity (Wildman–Crippen MR) is 57.5 cm³/mol. The number of hydrogen-bond acceptors (Lipinski definition) is 5. The Morgan fingerprint density at radius 3 is 2.87 bits per heavy atom. The third-order valence-corrected chi connectivity index (χ3v) is 3.74. The Morgan fingerprint density at radius 2 is 2.27 bits per heavy atom. The molecule has 1 saturated heterocycles. The molecule has 0 unspecified atom stereocenters. The van der Waals surface area contributed by atoms with Gasteiger partial charge in [0, 0.05) is 48.0 Å². The summed E-state index contributed by atoms with van der Waals surface area (Å²) in [4.78, 5) is 2.22. The molecule has 84 valence electrons. The van der Waals surface area contributed by atoms with Crippen molar-refractivity contribution in [3.63, 3.8) is 0 Å². The van der Waals surface area contributed by atoms with E-state index in [1.54, 1.807) is 0 Å². The number of hydrogen-bond donors (Lipinski definition) is 1. The minimum Gasteiger partial charge on any atom is -0.360 e. The molecular weight excluding hydrogens is 214 g/mol. The first-order valence-corrected chi connectivity index (χ1v) is 6.48. The first kappa shape index (κ1) is 10.8. The Labute approximate surface area is 91.1 Å². The smallest absolute Gasteiger partial charge is 0.151 e. The molecule has 2 rings (SSSR count). The third-order valence-electron chi connectivity index (χ3n) is 2.47. The van der Waals surface area contributed by atoms with E-state index >= 15 is 0 Å². The zero-order chi connectivity index (χ0) is 10.7. The van der Waals surface area contributed by atoms with Crippen LogP contribution in [0.5, 0.6) is 0 Å². The van der Waals surface area contributed by atoms with Gasteiger partial charge in [-0.25, -0.2) is 0 Å². The molecule has 0 aromatic carbocycles. The van der Waals surface area contributed by atoms with Gasteiger partial charge in [-0.15, -0.1) is 0 Å². The van der Waals surface area contributed by atoms with Gasteiger partial charge in [-0.2, -0.15) is 0 Å². The summed E-state index contributed by atoms with van der Waals surface area (Å²) in [6, 6.07) is 1.88. The van der Waals surface area contributed by atoms with E-state index in [1.807, 2.05) is 6.07 Å². The van der Waals surface area contributed by atoms with Gasteiger partial charge < -0.3 is 10.3 Å². The van der Waals surface area contributed by atoms with Gasteiger partial charge in [-0.3, -0.25) is 9.11 Å². The Balaban J connectivity index is 1.88. The summed E-state index contributed by atoms with van der Waals surface area (Å²) < 4.78 is 16.3. The lowest BCUT2D eigenvalue weighted by Gasteiger charge is -2.24. The Hall–Kier alpha value is -0.720. The highest BCUT2D eigenvalue weighted by Crippen LogP contribution is 2.09. The van der Waals surface area contributed by atoms with Crippen LogP contribution in [0.3, 0.4) is 0 Å². The number of aromatic nitrogens is 1. The quantitative estimate of drug-likeness (QED) is 0.770. The minimum absolute atomic E-state index is 0.410. The second-order valence-electron chi connectivity index (χ2n) is 3.61. The highest BCUT2D eigenvalue weighted by atomic mass is 32.2. The van der Waals surface area contributed by atoms with E-state index in [2.05, 4.69) is 10.1 Å². The van der Waals surface area contributed by atoms with Gasteiger partial charge in [0.05, 0.1) is 12.2 Å². The Morgan fingerprint density at radius 1 is 1.53 bits per heavy atom. The normalized spacial score (nSPS) is 19.5. The lowest BCUT2D eigenvalue weighted by atomic mass is 10.3. The largest absolute Gasteiger partial charge is 0.360 e. The van der Waals surface area contributed by atoms with Gasteiger partial charge >= 0.3 is 0 Å². The van der Waals surface area contributed by atoms with E-state index in [-0.39, 0.29) is 0 Å². The van der Waals surface area contributed by atoms with E-state index in [9.17, 15) is 4.21 Å². The molecule has 1 aliphatic heterocycles. The highest BCUT2D eigenvalue weighted by Gasteiger charge is 2.16. The average molecular weight is 229 g/mol.